The molecule has 0 aliphatic carbocycles. The number of likely N-dealkylation sites (tertiary alicyclic amines) is 1. The summed E-state index contributed by atoms with van der Waals surface area (Å²) in [6, 6.07) is 15.9. The number of benzene rings is 2. The van der Waals surface area contributed by atoms with E-state index in [1.54, 1.807) is 11.1 Å². The summed E-state index contributed by atoms with van der Waals surface area (Å²) in [6.45, 7) is 3.27. The molecule has 0 bridgehead atoms. The molecule has 0 unspecified atom stereocenters. The minimum atomic E-state index is -0.0753. The first-order valence-electron chi connectivity index (χ1n) is 12.3. The summed E-state index contributed by atoms with van der Waals surface area (Å²) < 4.78 is 0. The second-order valence-corrected chi connectivity index (χ2v) is 9.43. The quantitative estimate of drug-likeness (QED) is 0.314. The third-order valence-corrected chi connectivity index (χ3v) is 7.23. The van der Waals surface area contributed by atoms with Crippen LogP contribution >= 0.6 is 0 Å². The predicted octanol–water partition coefficient (Wildman–Crippen LogP) is 3.19. The van der Waals surface area contributed by atoms with Crippen LogP contribution in [-0.4, -0.2) is 41.6 Å². The highest BCUT2D eigenvalue weighted by atomic mass is 16.1. The first-order chi connectivity index (χ1) is 17.2. The third-order valence-electron chi connectivity index (χ3n) is 7.23. The van der Waals surface area contributed by atoms with E-state index in [0.717, 1.165) is 73.5 Å². The molecular formula is C28H29N6O+. The van der Waals surface area contributed by atoms with Crippen LogP contribution in [0.4, 0.5) is 0 Å². The van der Waals surface area contributed by atoms with E-state index in [1.165, 1.54) is 5.56 Å². The van der Waals surface area contributed by atoms with Crippen molar-refractivity contribution in [1.29, 1.82) is 10.5 Å². The average molecular weight is 466 g/mol. The molecule has 1 fully saturated rings. The molecule has 4 aromatic rings. The van der Waals surface area contributed by atoms with Gasteiger partial charge in [0.2, 0.25) is 0 Å². The van der Waals surface area contributed by atoms with Crippen LogP contribution in [0.1, 0.15) is 52.7 Å². The first-order valence-corrected chi connectivity index (χ1v) is 12.3. The largest absolute Gasteiger partial charge is 0.361 e. The van der Waals surface area contributed by atoms with Gasteiger partial charge in [-0.1, -0.05) is 12.1 Å². The number of amides is 1. The van der Waals surface area contributed by atoms with E-state index in [9.17, 15) is 10.1 Å². The number of aryl methyl sites for hydroxylation is 1. The highest BCUT2D eigenvalue weighted by molar-refractivity contribution is 6.07. The molecule has 4 N–H and O–H groups in total. The van der Waals surface area contributed by atoms with Crippen molar-refractivity contribution in [2.24, 2.45) is 0 Å². The van der Waals surface area contributed by atoms with Crippen LogP contribution in [0.2, 0.25) is 0 Å². The standard InChI is InChI=1S/C28H28N6O/c29-15-19-7-8-26-25(14-19)20(17-31-26)4-1-2-11-34-12-9-22(10-13-34)33-28(35)24-6-3-5-23-21(16-30)18-32-27(23)24/h3,5-8,14,17-18,22,31-32H,1-2,4,9-13H2,(H,33,35)/p+1. The maximum Gasteiger partial charge on any atom is 0.253 e. The van der Waals surface area contributed by atoms with Crippen LogP contribution in [0, 0.1) is 22.7 Å². The fourth-order valence-electron chi connectivity index (χ4n) is 5.26. The van der Waals surface area contributed by atoms with Crippen LogP contribution in [0.3, 0.4) is 0 Å². The molecule has 0 spiro atoms. The molecule has 7 heteroatoms. The molecule has 2 aromatic heterocycles. The fraction of sp³-hybridized carbons (Fsp3) is 0.321. The topological polar surface area (TPSA) is 113 Å². The Balaban J connectivity index is 1.08. The summed E-state index contributed by atoms with van der Waals surface area (Å²) in [5.74, 6) is -0.0753. The van der Waals surface area contributed by atoms with Crippen molar-refractivity contribution in [3.8, 4) is 12.1 Å². The zero-order valence-electron chi connectivity index (χ0n) is 19.7. The van der Waals surface area contributed by atoms with Crippen molar-refractivity contribution in [3.63, 3.8) is 0 Å². The number of carbonyl (C=O) groups is 1. The van der Waals surface area contributed by atoms with Crippen LogP contribution in [0.5, 0.6) is 0 Å². The number of quaternary nitrogens is 1. The van der Waals surface area contributed by atoms with Crippen molar-refractivity contribution < 1.29 is 9.69 Å². The van der Waals surface area contributed by atoms with E-state index in [2.05, 4.69) is 33.6 Å². The number of hydrogen-bond donors (Lipinski definition) is 4. The Morgan fingerprint density at radius 3 is 2.69 bits per heavy atom. The normalized spacial score (nSPS) is 17.8. The number of H-pyrrole nitrogens is 2. The summed E-state index contributed by atoms with van der Waals surface area (Å²) in [7, 11) is 0. The number of nitrogens with one attached hydrogen (secondary N) is 4. The van der Waals surface area contributed by atoms with Gasteiger partial charge < -0.3 is 20.2 Å². The van der Waals surface area contributed by atoms with Gasteiger partial charge in [0.15, 0.2) is 0 Å². The molecule has 5 rings (SSSR count). The SMILES string of the molecule is N#Cc1ccc2[nH]cc(CCCC[NH+]3CCC(NC(=O)c4cccc5c(C#N)c[nH]c45)CC3)c2c1. The second-order valence-electron chi connectivity index (χ2n) is 9.43. The second kappa shape index (κ2) is 10.0. The zero-order chi connectivity index (χ0) is 24.2. The summed E-state index contributed by atoms with van der Waals surface area (Å²) in [4.78, 5) is 20.9. The fourth-order valence-corrected chi connectivity index (χ4v) is 5.26. The number of rotatable bonds is 7. The van der Waals surface area contributed by atoms with Gasteiger partial charge in [0, 0.05) is 47.6 Å². The van der Waals surface area contributed by atoms with E-state index in [-0.39, 0.29) is 11.9 Å². The molecule has 0 radical (unpaired) electrons. The van der Waals surface area contributed by atoms with Gasteiger partial charge >= 0.3 is 0 Å². The molecule has 1 saturated heterocycles. The highest BCUT2D eigenvalue weighted by Gasteiger charge is 2.24. The number of para-hydroxylation sites is 1. The minimum absolute atomic E-state index is 0.0753. The Kier molecular flexibility index (Phi) is 6.52. The first kappa shape index (κ1) is 22.7. The number of nitriles is 2. The van der Waals surface area contributed by atoms with Gasteiger partial charge in [-0.05, 0) is 49.1 Å². The van der Waals surface area contributed by atoms with E-state index in [1.807, 2.05) is 36.4 Å². The maximum absolute atomic E-state index is 12.9. The number of piperidine rings is 1. The number of fused-ring (bicyclic) bond motifs is 2. The summed E-state index contributed by atoms with van der Waals surface area (Å²) in [5, 5.41) is 23.6. The third kappa shape index (κ3) is 4.77. The molecule has 1 aliphatic rings. The monoisotopic (exact) mass is 465 g/mol. The predicted molar refractivity (Wildman–Crippen MR) is 135 cm³/mol. The lowest BCUT2D eigenvalue weighted by Crippen LogP contribution is -3.13. The van der Waals surface area contributed by atoms with Crippen LogP contribution in [-0.2, 0) is 6.42 Å². The molecule has 35 heavy (non-hydrogen) atoms. The van der Waals surface area contributed by atoms with Crippen LogP contribution in [0.15, 0.2) is 48.8 Å². The van der Waals surface area contributed by atoms with Crippen molar-refractivity contribution in [2.75, 3.05) is 19.6 Å². The highest BCUT2D eigenvalue weighted by Crippen LogP contribution is 2.22. The van der Waals surface area contributed by atoms with E-state index >= 15 is 0 Å². The molecule has 2 aromatic carbocycles. The summed E-state index contributed by atoms with van der Waals surface area (Å²) >= 11 is 0. The molecule has 0 atom stereocenters. The van der Waals surface area contributed by atoms with Crippen molar-refractivity contribution in [2.45, 2.75) is 38.1 Å². The van der Waals surface area contributed by atoms with E-state index in [0.29, 0.717) is 16.7 Å². The Labute approximate surface area is 204 Å². The lowest BCUT2D eigenvalue weighted by molar-refractivity contribution is -0.905. The average Bonchev–Trinajstić information content (AvgIpc) is 3.50. The van der Waals surface area contributed by atoms with Gasteiger partial charge in [0.1, 0.15) is 6.07 Å². The molecule has 3 heterocycles. The zero-order valence-corrected chi connectivity index (χ0v) is 19.7. The number of hydrogen-bond acceptors (Lipinski definition) is 3. The number of aromatic nitrogens is 2. The Morgan fingerprint density at radius 1 is 1.03 bits per heavy atom. The number of nitrogens with zero attached hydrogens (tertiary/aromatic N) is 2. The lowest BCUT2D eigenvalue weighted by atomic mass is 10.0. The maximum atomic E-state index is 12.9. The number of unbranched alkanes of at least 4 members (excludes halogenated alkanes) is 1. The molecule has 1 amide bonds. The smallest absolute Gasteiger partial charge is 0.253 e. The molecule has 0 saturated carbocycles. The minimum Gasteiger partial charge on any atom is -0.361 e. The van der Waals surface area contributed by atoms with Crippen LogP contribution in [0.25, 0.3) is 21.8 Å². The van der Waals surface area contributed by atoms with Crippen molar-refractivity contribution in [3.05, 3.63) is 71.0 Å². The molecule has 7 nitrogen and oxygen atoms in total. The van der Waals surface area contributed by atoms with E-state index < -0.39 is 0 Å². The lowest BCUT2D eigenvalue weighted by Gasteiger charge is -2.29. The van der Waals surface area contributed by atoms with Gasteiger partial charge in [-0.3, -0.25) is 4.79 Å². The van der Waals surface area contributed by atoms with E-state index in [4.69, 9.17) is 5.26 Å². The van der Waals surface area contributed by atoms with Gasteiger partial charge in [0.25, 0.3) is 5.91 Å². The van der Waals surface area contributed by atoms with Crippen molar-refractivity contribution in [1.82, 2.24) is 15.3 Å². The molecule has 1 aliphatic heterocycles. The Hall–Kier alpha value is -4.07. The van der Waals surface area contributed by atoms with Gasteiger partial charge in [0.05, 0.1) is 47.9 Å². The number of aromatic amines is 2. The molecular weight excluding hydrogens is 436 g/mol. The van der Waals surface area contributed by atoms with Gasteiger partial charge in [-0.15, -0.1) is 0 Å². The van der Waals surface area contributed by atoms with Crippen LogP contribution < -0.4 is 10.2 Å². The molecule has 176 valence electrons. The number of carbonyl (C=O) groups excluding carboxylic acids is 1. The Morgan fingerprint density at radius 2 is 1.89 bits per heavy atom. The Bertz CT molecular complexity index is 1440. The summed E-state index contributed by atoms with van der Waals surface area (Å²) in [5.41, 5.74) is 4.96. The van der Waals surface area contributed by atoms with Gasteiger partial charge in [-0.2, -0.15) is 10.5 Å². The van der Waals surface area contributed by atoms with Gasteiger partial charge in [-0.25, -0.2) is 0 Å². The van der Waals surface area contributed by atoms with Crippen molar-refractivity contribution >= 4 is 27.7 Å². The summed E-state index contributed by atoms with van der Waals surface area (Å²) in [6.07, 6.45) is 8.98.